The van der Waals surface area contributed by atoms with E-state index in [-0.39, 0.29) is 0 Å². The molecule has 1 heterocycles. The highest BCUT2D eigenvalue weighted by Crippen LogP contribution is 2.05. The van der Waals surface area contributed by atoms with Gasteiger partial charge in [-0.2, -0.15) is 0 Å². The summed E-state index contributed by atoms with van der Waals surface area (Å²) in [5, 5.41) is 2.28. The minimum Gasteiger partial charge on any atom is -0.379 e. The van der Waals surface area contributed by atoms with E-state index in [2.05, 4.69) is 47.7 Å². The van der Waals surface area contributed by atoms with Gasteiger partial charge >= 0.3 is 0 Å². The molecule has 1 atom stereocenters. The van der Waals surface area contributed by atoms with Crippen LogP contribution in [0.3, 0.4) is 0 Å². The molecule has 0 saturated carbocycles. The van der Waals surface area contributed by atoms with Gasteiger partial charge in [0, 0.05) is 19.1 Å². The molecule has 1 N–H and O–H groups in total. The Balaban J connectivity index is 1.68. The van der Waals surface area contributed by atoms with Crippen molar-refractivity contribution in [2.75, 3.05) is 26.3 Å². The van der Waals surface area contributed by atoms with Crippen molar-refractivity contribution >= 4 is 0 Å². The van der Waals surface area contributed by atoms with Crippen molar-refractivity contribution in [2.24, 2.45) is 0 Å². The average molecular weight is 234 g/mol. The molecule has 0 spiro atoms. The van der Waals surface area contributed by atoms with Gasteiger partial charge in [-0.25, -0.2) is 5.01 Å². The monoisotopic (exact) mass is 234 g/mol. The molecule has 0 bridgehead atoms. The Bertz CT molecular complexity index is 309. The molecule has 1 aliphatic heterocycles. The Morgan fingerprint density at radius 1 is 1.24 bits per heavy atom. The smallest absolute Gasteiger partial charge is 0.0608 e. The van der Waals surface area contributed by atoms with Crippen molar-refractivity contribution in [1.29, 1.82) is 0 Å². The molecule has 1 aliphatic rings. The number of nitrogens with one attached hydrogen (secondary N) is 1. The number of morpholine rings is 1. The molecule has 3 nitrogen and oxygen atoms in total. The maximum Gasteiger partial charge on any atom is 0.0608 e. The molecular weight excluding hydrogens is 212 g/mol. The molecule has 0 aromatic heterocycles. The molecule has 94 valence electrons. The molecule has 2 rings (SSSR count). The number of aryl methyl sites for hydroxylation is 1. The first-order valence-corrected chi connectivity index (χ1v) is 6.47. The van der Waals surface area contributed by atoms with Crippen molar-refractivity contribution in [3.05, 3.63) is 35.9 Å². The Morgan fingerprint density at radius 2 is 1.94 bits per heavy atom. The maximum absolute atomic E-state index is 5.33. The lowest BCUT2D eigenvalue weighted by atomic mass is 10.1. The van der Waals surface area contributed by atoms with Gasteiger partial charge in [0.05, 0.1) is 13.2 Å². The largest absolute Gasteiger partial charge is 0.379 e. The van der Waals surface area contributed by atoms with Crippen molar-refractivity contribution < 1.29 is 4.74 Å². The molecule has 0 amide bonds. The zero-order valence-corrected chi connectivity index (χ0v) is 10.6. The third-order valence-corrected chi connectivity index (χ3v) is 3.12. The fourth-order valence-electron chi connectivity index (χ4n) is 2.10. The lowest BCUT2D eigenvalue weighted by Crippen LogP contribution is -2.49. The van der Waals surface area contributed by atoms with E-state index in [1.54, 1.807) is 0 Å². The summed E-state index contributed by atoms with van der Waals surface area (Å²) in [6.45, 7) is 5.93. The average Bonchev–Trinajstić information content (AvgIpc) is 2.39. The van der Waals surface area contributed by atoms with E-state index in [0.717, 1.165) is 32.7 Å². The number of benzene rings is 1. The predicted molar refractivity (Wildman–Crippen MR) is 69.8 cm³/mol. The lowest BCUT2D eigenvalue weighted by molar-refractivity contribution is 0.00446. The first kappa shape index (κ1) is 12.6. The molecule has 17 heavy (non-hydrogen) atoms. The van der Waals surface area contributed by atoms with E-state index in [9.17, 15) is 0 Å². The third-order valence-electron chi connectivity index (χ3n) is 3.12. The molecule has 0 unspecified atom stereocenters. The van der Waals surface area contributed by atoms with Crippen molar-refractivity contribution in [3.8, 4) is 0 Å². The topological polar surface area (TPSA) is 24.5 Å². The van der Waals surface area contributed by atoms with Crippen LogP contribution in [-0.2, 0) is 11.2 Å². The van der Waals surface area contributed by atoms with Gasteiger partial charge in [-0.15, -0.1) is 0 Å². The van der Waals surface area contributed by atoms with E-state index >= 15 is 0 Å². The maximum atomic E-state index is 5.33. The van der Waals surface area contributed by atoms with Crippen molar-refractivity contribution in [1.82, 2.24) is 10.4 Å². The minimum atomic E-state index is 0.522. The molecule has 0 radical (unpaired) electrons. The number of hydrogen-bond donors (Lipinski definition) is 1. The number of ether oxygens (including phenoxy) is 1. The molecule has 1 fully saturated rings. The fourth-order valence-corrected chi connectivity index (χ4v) is 2.10. The predicted octanol–water partition coefficient (Wildman–Crippen LogP) is 1.84. The van der Waals surface area contributed by atoms with Crippen LogP contribution < -0.4 is 5.43 Å². The van der Waals surface area contributed by atoms with Crippen molar-refractivity contribution in [2.45, 2.75) is 25.8 Å². The van der Waals surface area contributed by atoms with Crippen LogP contribution in [0.5, 0.6) is 0 Å². The molecule has 1 aromatic rings. The van der Waals surface area contributed by atoms with E-state index in [1.165, 1.54) is 12.0 Å². The Hall–Kier alpha value is -0.900. The van der Waals surface area contributed by atoms with Crippen LogP contribution in [0.1, 0.15) is 18.9 Å². The summed E-state index contributed by atoms with van der Waals surface area (Å²) in [6.07, 6.45) is 2.31. The molecular formula is C14H22N2O. The third kappa shape index (κ3) is 4.46. The standard InChI is InChI=1S/C14H22N2O/c1-13(15-16-9-11-17-12-10-16)7-8-14-5-3-2-4-6-14/h2-6,13,15H,7-12H2,1H3/t13-/m1/s1. The van der Waals surface area contributed by atoms with Gasteiger partial charge in [0.1, 0.15) is 0 Å². The van der Waals surface area contributed by atoms with Gasteiger partial charge in [0.2, 0.25) is 0 Å². The Morgan fingerprint density at radius 3 is 2.65 bits per heavy atom. The Labute approximate surface area is 104 Å². The van der Waals surface area contributed by atoms with E-state index < -0.39 is 0 Å². The number of nitrogens with zero attached hydrogens (tertiary/aromatic N) is 1. The Kier molecular flexibility index (Phi) is 4.98. The van der Waals surface area contributed by atoms with Crippen LogP contribution in [0, 0.1) is 0 Å². The van der Waals surface area contributed by atoms with Crippen LogP contribution in [0.15, 0.2) is 30.3 Å². The first-order valence-electron chi connectivity index (χ1n) is 6.47. The summed E-state index contributed by atoms with van der Waals surface area (Å²) in [5.41, 5.74) is 4.96. The van der Waals surface area contributed by atoms with Crippen LogP contribution in [-0.4, -0.2) is 37.4 Å². The summed E-state index contributed by atoms with van der Waals surface area (Å²) < 4.78 is 5.33. The highest BCUT2D eigenvalue weighted by Gasteiger charge is 2.12. The lowest BCUT2D eigenvalue weighted by Gasteiger charge is -2.30. The van der Waals surface area contributed by atoms with Gasteiger partial charge in [0.15, 0.2) is 0 Å². The SMILES string of the molecule is C[C@H](CCc1ccccc1)NN1CCOCC1. The summed E-state index contributed by atoms with van der Waals surface area (Å²) in [7, 11) is 0. The number of hydrazine groups is 1. The molecule has 0 aliphatic carbocycles. The molecule has 1 saturated heterocycles. The summed E-state index contributed by atoms with van der Waals surface area (Å²) in [4.78, 5) is 0. The summed E-state index contributed by atoms with van der Waals surface area (Å²) >= 11 is 0. The summed E-state index contributed by atoms with van der Waals surface area (Å²) in [5.74, 6) is 0. The van der Waals surface area contributed by atoms with Crippen molar-refractivity contribution in [3.63, 3.8) is 0 Å². The zero-order valence-electron chi connectivity index (χ0n) is 10.6. The first-order chi connectivity index (χ1) is 8.34. The van der Waals surface area contributed by atoms with Gasteiger partial charge in [-0.1, -0.05) is 30.3 Å². The van der Waals surface area contributed by atoms with Crippen LogP contribution in [0.4, 0.5) is 0 Å². The van der Waals surface area contributed by atoms with Gasteiger partial charge < -0.3 is 4.74 Å². The second-order valence-corrected chi connectivity index (χ2v) is 4.65. The van der Waals surface area contributed by atoms with Gasteiger partial charge in [0.25, 0.3) is 0 Å². The summed E-state index contributed by atoms with van der Waals surface area (Å²) in [6, 6.07) is 11.2. The zero-order chi connectivity index (χ0) is 11.9. The van der Waals surface area contributed by atoms with Crippen LogP contribution >= 0.6 is 0 Å². The van der Waals surface area contributed by atoms with Crippen LogP contribution in [0.2, 0.25) is 0 Å². The number of rotatable bonds is 5. The second-order valence-electron chi connectivity index (χ2n) is 4.65. The van der Waals surface area contributed by atoms with E-state index in [1.807, 2.05) is 0 Å². The normalized spacial score (nSPS) is 19.1. The highest BCUT2D eigenvalue weighted by atomic mass is 16.5. The van der Waals surface area contributed by atoms with E-state index in [0.29, 0.717) is 6.04 Å². The molecule has 3 heteroatoms. The minimum absolute atomic E-state index is 0.522. The van der Waals surface area contributed by atoms with Gasteiger partial charge in [-0.05, 0) is 25.3 Å². The highest BCUT2D eigenvalue weighted by molar-refractivity contribution is 5.14. The van der Waals surface area contributed by atoms with E-state index in [4.69, 9.17) is 4.74 Å². The van der Waals surface area contributed by atoms with Crippen LogP contribution in [0.25, 0.3) is 0 Å². The quantitative estimate of drug-likeness (QED) is 0.841. The number of hydrogen-bond acceptors (Lipinski definition) is 3. The van der Waals surface area contributed by atoms with Gasteiger partial charge in [-0.3, -0.25) is 5.43 Å². The fraction of sp³-hybridized carbons (Fsp3) is 0.571. The molecule has 1 aromatic carbocycles. The second kappa shape index (κ2) is 6.74.